The first kappa shape index (κ1) is 14.7. The van der Waals surface area contributed by atoms with Crippen molar-refractivity contribution in [2.24, 2.45) is 0 Å². The lowest BCUT2D eigenvalue weighted by Gasteiger charge is -2.05. The largest absolute Gasteiger partial charge is 0.477 e. The van der Waals surface area contributed by atoms with E-state index in [-0.39, 0.29) is 18.1 Å². The summed E-state index contributed by atoms with van der Waals surface area (Å²) in [6.45, 7) is -0.0428. The van der Waals surface area contributed by atoms with Gasteiger partial charge >= 0.3 is 5.97 Å². The van der Waals surface area contributed by atoms with Gasteiger partial charge in [-0.15, -0.1) is 0 Å². The third-order valence-corrected chi connectivity index (χ3v) is 3.43. The van der Waals surface area contributed by atoms with E-state index in [2.05, 4.69) is 15.3 Å². The van der Waals surface area contributed by atoms with E-state index in [1.54, 1.807) is 18.3 Å². The average molecular weight is 313 g/mol. The number of pyridine rings is 1. The monoisotopic (exact) mass is 313 g/mol. The Kier molecular flexibility index (Phi) is 3.76. The number of aromatic carboxylic acids is 1. The molecule has 1 aromatic carbocycles. The maximum absolute atomic E-state index is 13.4. The number of nitrogens with one attached hydrogen (secondary N) is 2. The lowest BCUT2D eigenvalue weighted by Crippen LogP contribution is -2.23. The summed E-state index contributed by atoms with van der Waals surface area (Å²) in [7, 11) is 0. The number of fused-ring (bicyclic) bond motifs is 1. The third kappa shape index (κ3) is 2.89. The number of benzene rings is 1. The number of carbonyl (C=O) groups is 2. The first-order chi connectivity index (χ1) is 11.1. The second kappa shape index (κ2) is 5.88. The Bertz CT molecular complexity index is 890. The van der Waals surface area contributed by atoms with E-state index in [1.165, 1.54) is 24.4 Å². The molecule has 0 aliphatic rings. The highest BCUT2D eigenvalue weighted by Crippen LogP contribution is 2.23. The number of hydrogen-bond acceptors (Lipinski definition) is 3. The fourth-order valence-electron chi connectivity index (χ4n) is 2.35. The van der Waals surface area contributed by atoms with Crippen molar-refractivity contribution in [2.45, 2.75) is 6.54 Å². The molecule has 3 rings (SSSR count). The number of aromatic nitrogens is 2. The maximum Gasteiger partial charge on any atom is 0.352 e. The van der Waals surface area contributed by atoms with E-state index in [9.17, 15) is 19.1 Å². The molecular formula is C16H12FN3O3. The Morgan fingerprint density at radius 1 is 1.30 bits per heavy atom. The van der Waals surface area contributed by atoms with Crippen LogP contribution >= 0.6 is 0 Å². The van der Waals surface area contributed by atoms with Crippen molar-refractivity contribution in [3.63, 3.8) is 0 Å². The van der Waals surface area contributed by atoms with Crippen LogP contribution in [0.25, 0.3) is 10.9 Å². The van der Waals surface area contributed by atoms with Gasteiger partial charge in [0.2, 0.25) is 0 Å². The molecule has 3 N–H and O–H groups in total. The normalized spacial score (nSPS) is 10.7. The van der Waals surface area contributed by atoms with Gasteiger partial charge in [0.1, 0.15) is 11.5 Å². The molecule has 3 aromatic rings. The number of carbonyl (C=O) groups excluding carboxylic acids is 1. The number of H-pyrrole nitrogens is 1. The second-order valence-electron chi connectivity index (χ2n) is 4.90. The van der Waals surface area contributed by atoms with E-state index in [4.69, 9.17) is 0 Å². The Morgan fingerprint density at radius 3 is 2.83 bits per heavy atom. The van der Waals surface area contributed by atoms with Crippen molar-refractivity contribution in [3.05, 3.63) is 65.4 Å². The third-order valence-electron chi connectivity index (χ3n) is 3.43. The van der Waals surface area contributed by atoms with E-state index in [1.807, 2.05) is 0 Å². The van der Waals surface area contributed by atoms with Crippen molar-refractivity contribution >= 4 is 22.8 Å². The van der Waals surface area contributed by atoms with Crippen LogP contribution in [0.3, 0.4) is 0 Å². The smallest absolute Gasteiger partial charge is 0.352 e. The summed E-state index contributed by atoms with van der Waals surface area (Å²) in [4.78, 5) is 30.0. The summed E-state index contributed by atoms with van der Waals surface area (Å²) in [5.74, 6) is -2.04. The molecule has 0 radical (unpaired) electrons. The highest BCUT2D eigenvalue weighted by Gasteiger charge is 2.18. The maximum atomic E-state index is 13.4. The SMILES string of the molecule is O=C(NCc1c(C(=O)O)[nH]c2ccc(F)cc12)c1cccnc1. The van der Waals surface area contributed by atoms with Crippen LogP contribution in [0.5, 0.6) is 0 Å². The van der Waals surface area contributed by atoms with Crippen molar-refractivity contribution < 1.29 is 19.1 Å². The van der Waals surface area contributed by atoms with Gasteiger partial charge in [-0.25, -0.2) is 9.18 Å². The summed E-state index contributed by atoms with van der Waals surface area (Å²) >= 11 is 0. The van der Waals surface area contributed by atoms with Crippen LogP contribution < -0.4 is 5.32 Å². The molecule has 0 aliphatic carbocycles. The molecule has 7 heteroatoms. The lowest BCUT2D eigenvalue weighted by molar-refractivity contribution is 0.0689. The van der Waals surface area contributed by atoms with Gasteiger partial charge in [0, 0.05) is 35.4 Å². The molecule has 0 saturated heterocycles. The Labute approximate surface area is 130 Å². The second-order valence-corrected chi connectivity index (χ2v) is 4.90. The Balaban J connectivity index is 1.92. The molecule has 0 spiro atoms. The standard InChI is InChI=1S/C16H12FN3O3/c17-10-3-4-13-11(6-10)12(14(20-13)16(22)23)8-19-15(21)9-2-1-5-18-7-9/h1-7,20H,8H2,(H,19,21)(H,22,23). The van der Waals surface area contributed by atoms with Gasteiger partial charge in [0.15, 0.2) is 0 Å². The van der Waals surface area contributed by atoms with Crippen LogP contribution in [0.1, 0.15) is 26.4 Å². The number of hydrogen-bond donors (Lipinski definition) is 3. The van der Waals surface area contributed by atoms with Crippen LogP contribution in [-0.4, -0.2) is 27.0 Å². The average Bonchev–Trinajstić information content (AvgIpc) is 2.91. The van der Waals surface area contributed by atoms with Crippen molar-refractivity contribution in [2.75, 3.05) is 0 Å². The number of nitrogens with zero attached hydrogens (tertiary/aromatic N) is 1. The van der Waals surface area contributed by atoms with Crippen LogP contribution in [0, 0.1) is 5.82 Å². The van der Waals surface area contributed by atoms with Gasteiger partial charge < -0.3 is 15.4 Å². The summed E-state index contributed by atoms with van der Waals surface area (Å²) in [6, 6.07) is 7.16. The molecule has 0 atom stereocenters. The zero-order chi connectivity index (χ0) is 16.4. The molecule has 0 bridgehead atoms. The fraction of sp³-hybridized carbons (Fsp3) is 0.0625. The number of amides is 1. The van der Waals surface area contributed by atoms with Gasteiger partial charge in [-0.1, -0.05) is 0 Å². The highest BCUT2D eigenvalue weighted by atomic mass is 19.1. The first-order valence-electron chi connectivity index (χ1n) is 6.78. The van der Waals surface area contributed by atoms with Gasteiger partial charge in [-0.05, 0) is 30.3 Å². The summed E-state index contributed by atoms with van der Waals surface area (Å²) in [5, 5.41) is 12.3. The highest BCUT2D eigenvalue weighted by molar-refractivity contribution is 5.98. The number of carboxylic acids is 1. The van der Waals surface area contributed by atoms with Crippen molar-refractivity contribution in [3.8, 4) is 0 Å². The zero-order valence-electron chi connectivity index (χ0n) is 11.8. The molecule has 6 nitrogen and oxygen atoms in total. The molecule has 116 valence electrons. The number of halogens is 1. The Hall–Kier alpha value is -3.22. The van der Waals surface area contributed by atoms with E-state index in [0.717, 1.165) is 0 Å². The van der Waals surface area contributed by atoms with E-state index in [0.29, 0.717) is 22.0 Å². The predicted molar refractivity (Wildman–Crippen MR) is 80.6 cm³/mol. The van der Waals surface area contributed by atoms with Crippen LogP contribution in [0.15, 0.2) is 42.7 Å². The summed E-state index contributed by atoms with van der Waals surface area (Å²) < 4.78 is 13.4. The van der Waals surface area contributed by atoms with Crippen LogP contribution in [0.2, 0.25) is 0 Å². The zero-order valence-corrected chi connectivity index (χ0v) is 11.8. The van der Waals surface area contributed by atoms with Crippen molar-refractivity contribution in [1.82, 2.24) is 15.3 Å². The van der Waals surface area contributed by atoms with E-state index < -0.39 is 11.8 Å². The van der Waals surface area contributed by atoms with Gasteiger partial charge in [0.05, 0.1) is 5.56 Å². The van der Waals surface area contributed by atoms with Crippen molar-refractivity contribution in [1.29, 1.82) is 0 Å². The molecule has 0 unspecified atom stereocenters. The minimum absolute atomic E-state index is 0.0428. The molecular weight excluding hydrogens is 301 g/mol. The van der Waals surface area contributed by atoms with E-state index >= 15 is 0 Å². The lowest BCUT2D eigenvalue weighted by atomic mass is 10.1. The van der Waals surface area contributed by atoms with Gasteiger partial charge in [-0.3, -0.25) is 9.78 Å². The molecule has 2 heterocycles. The summed E-state index contributed by atoms with van der Waals surface area (Å²) in [5.41, 5.74) is 1.10. The summed E-state index contributed by atoms with van der Waals surface area (Å²) in [6.07, 6.45) is 2.95. The topological polar surface area (TPSA) is 95.1 Å². The van der Waals surface area contributed by atoms with Gasteiger partial charge in [-0.2, -0.15) is 0 Å². The van der Waals surface area contributed by atoms with Gasteiger partial charge in [0.25, 0.3) is 5.91 Å². The fourth-order valence-corrected chi connectivity index (χ4v) is 2.35. The minimum Gasteiger partial charge on any atom is -0.477 e. The minimum atomic E-state index is -1.17. The van der Waals surface area contributed by atoms with Crippen LogP contribution in [-0.2, 0) is 6.54 Å². The molecule has 1 amide bonds. The first-order valence-corrected chi connectivity index (χ1v) is 6.78. The quantitative estimate of drug-likeness (QED) is 0.689. The van der Waals surface area contributed by atoms with Crippen LogP contribution in [0.4, 0.5) is 4.39 Å². The molecule has 0 fully saturated rings. The predicted octanol–water partition coefficient (Wildman–Crippen LogP) is 2.33. The number of rotatable bonds is 4. The number of aromatic amines is 1. The Morgan fingerprint density at radius 2 is 2.13 bits per heavy atom. The molecule has 0 saturated carbocycles. The molecule has 0 aliphatic heterocycles. The number of carboxylic acid groups (broad SMARTS) is 1. The molecule has 2 aromatic heterocycles. The molecule has 23 heavy (non-hydrogen) atoms.